The number of ether oxygens (including phenoxy) is 1. The van der Waals surface area contributed by atoms with Gasteiger partial charge < -0.3 is 4.74 Å². The largest absolute Gasteiger partial charge is 0.463 e. The summed E-state index contributed by atoms with van der Waals surface area (Å²) in [6.45, 7) is 1.80. The van der Waals surface area contributed by atoms with E-state index >= 15 is 0 Å². The number of allylic oxidation sites excluding steroid dienone is 1. The monoisotopic (exact) mass is 331 g/mol. The van der Waals surface area contributed by atoms with E-state index in [1.54, 1.807) is 13.0 Å². The number of imide groups is 1. The van der Waals surface area contributed by atoms with Crippen molar-refractivity contribution in [1.82, 2.24) is 5.06 Å². The van der Waals surface area contributed by atoms with E-state index in [2.05, 4.69) is 0 Å². The van der Waals surface area contributed by atoms with Crippen LogP contribution in [0.4, 0.5) is 0 Å². The Bertz CT molecular complexity index is 608. The number of nitrogens with zero attached hydrogens (tertiary/aromatic N) is 1. The molecular formula is C18H21NO5. The number of rotatable bonds is 8. The first-order valence-electron chi connectivity index (χ1n) is 8.00. The van der Waals surface area contributed by atoms with Gasteiger partial charge in [0.2, 0.25) is 0 Å². The molecule has 1 fully saturated rings. The number of benzene rings is 1. The molecule has 24 heavy (non-hydrogen) atoms. The zero-order valence-corrected chi connectivity index (χ0v) is 13.7. The van der Waals surface area contributed by atoms with Crippen molar-refractivity contribution in [3.63, 3.8) is 0 Å². The normalized spacial score (nSPS) is 15.0. The molecule has 2 rings (SSSR count). The fourth-order valence-electron chi connectivity index (χ4n) is 2.32. The molecule has 6 heteroatoms. The summed E-state index contributed by atoms with van der Waals surface area (Å²) in [4.78, 5) is 40.3. The van der Waals surface area contributed by atoms with E-state index < -0.39 is 5.97 Å². The van der Waals surface area contributed by atoms with Crippen molar-refractivity contribution in [2.45, 2.75) is 32.6 Å². The highest BCUT2D eigenvalue weighted by Crippen LogP contribution is 2.14. The van der Waals surface area contributed by atoms with E-state index in [9.17, 15) is 14.4 Å². The molecule has 0 aliphatic carbocycles. The molecule has 1 heterocycles. The van der Waals surface area contributed by atoms with Crippen molar-refractivity contribution in [2.75, 3.05) is 13.2 Å². The van der Waals surface area contributed by atoms with Crippen LogP contribution in [0.1, 0.15) is 31.7 Å². The molecule has 0 N–H and O–H groups in total. The minimum atomic E-state index is -0.496. The van der Waals surface area contributed by atoms with Crippen LogP contribution in [0.25, 0.3) is 0 Å². The van der Waals surface area contributed by atoms with Crippen LogP contribution in [0.15, 0.2) is 42.0 Å². The smallest absolute Gasteiger partial charge is 0.336 e. The number of esters is 1. The summed E-state index contributed by atoms with van der Waals surface area (Å²) in [6, 6.07) is 9.88. The van der Waals surface area contributed by atoms with Crippen LogP contribution in [0.5, 0.6) is 0 Å². The Kier molecular flexibility index (Phi) is 6.69. The molecule has 0 bridgehead atoms. The Labute approximate surface area is 141 Å². The second-order valence-corrected chi connectivity index (χ2v) is 5.33. The van der Waals surface area contributed by atoms with Crippen LogP contribution in [0.3, 0.4) is 0 Å². The molecule has 1 aromatic carbocycles. The standard InChI is InChI=1S/C18H21NO5/c1-2-23-18(22)15(10-6-9-14-7-4-3-5-8-14)13-24-19-16(20)11-12-17(19)21/h3-5,7-8,10H,2,6,9,11-13H2,1H3/b15-10+. The quantitative estimate of drug-likeness (QED) is 0.415. The Hall–Kier alpha value is -2.47. The minimum Gasteiger partial charge on any atom is -0.463 e. The van der Waals surface area contributed by atoms with Crippen molar-refractivity contribution in [2.24, 2.45) is 0 Å². The van der Waals surface area contributed by atoms with Gasteiger partial charge in [0.1, 0.15) is 6.61 Å². The van der Waals surface area contributed by atoms with E-state index in [-0.39, 0.29) is 37.9 Å². The lowest BCUT2D eigenvalue weighted by Crippen LogP contribution is -2.31. The van der Waals surface area contributed by atoms with Gasteiger partial charge in [-0.15, -0.1) is 0 Å². The molecule has 0 atom stereocenters. The van der Waals surface area contributed by atoms with Crippen LogP contribution < -0.4 is 0 Å². The average molecular weight is 331 g/mol. The number of hydroxylamine groups is 2. The van der Waals surface area contributed by atoms with Crippen molar-refractivity contribution in [3.8, 4) is 0 Å². The molecule has 128 valence electrons. The van der Waals surface area contributed by atoms with E-state index in [0.717, 1.165) is 17.0 Å². The van der Waals surface area contributed by atoms with Gasteiger partial charge in [-0.05, 0) is 25.3 Å². The third kappa shape index (κ3) is 5.03. The number of hydrogen-bond acceptors (Lipinski definition) is 5. The SMILES string of the molecule is CCOC(=O)/C(=C/CCc1ccccc1)CON1C(=O)CCC1=O. The molecule has 0 spiro atoms. The average Bonchev–Trinajstić information content (AvgIpc) is 2.90. The van der Waals surface area contributed by atoms with Crippen LogP contribution in [-0.4, -0.2) is 36.1 Å². The highest BCUT2D eigenvalue weighted by Gasteiger charge is 2.30. The lowest BCUT2D eigenvalue weighted by Gasteiger charge is -2.14. The Balaban J connectivity index is 1.96. The molecule has 1 saturated heterocycles. The first-order chi connectivity index (χ1) is 11.6. The highest BCUT2D eigenvalue weighted by molar-refractivity contribution is 6.00. The van der Waals surface area contributed by atoms with Gasteiger partial charge in [0, 0.05) is 12.8 Å². The topological polar surface area (TPSA) is 72.9 Å². The van der Waals surface area contributed by atoms with Crippen LogP contribution in [0, 0.1) is 0 Å². The fraction of sp³-hybridized carbons (Fsp3) is 0.389. The minimum absolute atomic E-state index is 0.144. The van der Waals surface area contributed by atoms with E-state index in [4.69, 9.17) is 9.57 Å². The third-order valence-electron chi connectivity index (χ3n) is 3.56. The molecule has 0 aromatic heterocycles. The van der Waals surface area contributed by atoms with Gasteiger partial charge in [-0.25, -0.2) is 4.79 Å². The summed E-state index contributed by atoms with van der Waals surface area (Å²) in [5.41, 5.74) is 1.46. The second kappa shape index (κ2) is 8.98. The zero-order valence-electron chi connectivity index (χ0n) is 13.7. The number of aryl methyl sites for hydroxylation is 1. The molecule has 6 nitrogen and oxygen atoms in total. The molecule has 1 aliphatic heterocycles. The third-order valence-corrected chi connectivity index (χ3v) is 3.56. The molecule has 0 saturated carbocycles. The second-order valence-electron chi connectivity index (χ2n) is 5.33. The lowest BCUT2D eigenvalue weighted by molar-refractivity contribution is -0.186. The van der Waals surface area contributed by atoms with Gasteiger partial charge in [-0.3, -0.25) is 14.4 Å². The molecule has 2 amide bonds. The molecule has 0 unspecified atom stereocenters. The molecule has 1 aromatic rings. The van der Waals surface area contributed by atoms with Gasteiger partial charge in [0.05, 0.1) is 12.2 Å². The Morgan fingerprint density at radius 3 is 2.46 bits per heavy atom. The van der Waals surface area contributed by atoms with Crippen molar-refractivity contribution >= 4 is 17.8 Å². The van der Waals surface area contributed by atoms with Gasteiger partial charge in [-0.1, -0.05) is 36.4 Å². The summed E-state index contributed by atoms with van der Waals surface area (Å²) in [5.74, 6) is -1.26. The number of carbonyl (C=O) groups is 3. The van der Waals surface area contributed by atoms with Gasteiger partial charge >= 0.3 is 5.97 Å². The molecular weight excluding hydrogens is 310 g/mol. The summed E-state index contributed by atoms with van der Waals surface area (Å²) in [6.07, 6.45) is 3.42. The maximum Gasteiger partial charge on any atom is 0.336 e. The lowest BCUT2D eigenvalue weighted by atomic mass is 10.1. The van der Waals surface area contributed by atoms with Crippen molar-refractivity contribution in [1.29, 1.82) is 0 Å². The van der Waals surface area contributed by atoms with E-state index in [1.165, 1.54) is 0 Å². The van der Waals surface area contributed by atoms with Crippen LogP contribution in [-0.2, 0) is 30.4 Å². The summed E-state index contributed by atoms with van der Waals surface area (Å²) in [5, 5.41) is 0.740. The van der Waals surface area contributed by atoms with Crippen LogP contribution in [0.2, 0.25) is 0 Å². The van der Waals surface area contributed by atoms with E-state index in [1.807, 2.05) is 30.3 Å². The van der Waals surface area contributed by atoms with Crippen LogP contribution >= 0.6 is 0 Å². The first-order valence-corrected chi connectivity index (χ1v) is 8.00. The van der Waals surface area contributed by atoms with Gasteiger partial charge in [-0.2, -0.15) is 5.06 Å². The number of carbonyl (C=O) groups excluding carboxylic acids is 3. The van der Waals surface area contributed by atoms with E-state index in [0.29, 0.717) is 12.0 Å². The predicted molar refractivity (Wildman–Crippen MR) is 86.5 cm³/mol. The summed E-state index contributed by atoms with van der Waals surface area (Å²) in [7, 11) is 0. The van der Waals surface area contributed by atoms with Crippen molar-refractivity contribution < 1.29 is 24.0 Å². The zero-order chi connectivity index (χ0) is 17.4. The Morgan fingerprint density at radius 1 is 1.17 bits per heavy atom. The molecule has 0 radical (unpaired) electrons. The van der Waals surface area contributed by atoms with Gasteiger partial charge in [0.25, 0.3) is 11.8 Å². The number of amides is 2. The van der Waals surface area contributed by atoms with Crippen molar-refractivity contribution in [3.05, 3.63) is 47.5 Å². The molecule has 1 aliphatic rings. The summed E-state index contributed by atoms with van der Waals surface area (Å²) >= 11 is 0. The maximum atomic E-state index is 12.0. The fourth-order valence-corrected chi connectivity index (χ4v) is 2.32. The van der Waals surface area contributed by atoms with Gasteiger partial charge in [0.15, 0.2) is 0 Å². The Morgan fingerprint density at radius 2 is 1.83 bits per heavy atom. The summed E-state index contributed by atoms with van der Waals surface area (Å²) < 4.78 is 5.00. The highest BCUT2D eigenvalue weighted by atomic mass is 16.7. The first kappa shape index (κ1) is 17.9. The predicted octanol–water partition coefficient (Wildman–Crippen LogP) is 2.19. The maximum absolute atomic E-state index is 12.0. The number of hydrogen-bond donors (Lipinski definition) is 0.